The van der Waals surface area contributed by atoms with Gasteiger partial charge >= 0.3 is 5.97 Å². The van der Waals surface area contributed by atoms with E-state index in [0.29, 0.717) is 18.0 Å². The zero-order chi connectivity index (χ0) is 12.7. The highest BCUT2D eigenvalue weighted by molar-refractivity contribution is 5.75. The number of methoxy groups -OCH3 is 1. The van der Waals surface area contributed by atoms with Crippen LogP contribution in [0.2, 0.25) is 0 Å². The predicted molar refractivity (Wildman–Crippen MR) is 67.1 cm³/mol. The molecule has 0 spiro atoms. The molecule has 17 heavy (non-hydrogen) atoms. The molecule has 0 heterocycles. The molecule has 0 aliphatic rings. The van der Waals surface area contributed by atoms with E-state index in [1.165, 1.54) is 7.11 Å². The Bertz CT molecular complexity index is 380. The summed E-state index contributed by atoms with van der Waals surface area (Å²) in [5.74, 6) is 0.364. The van der Waals surface area contributed by atoms with E-state index in [4.69, 9.17) is 10.5 Å². The maximum absolute atomic E-state index is 11.0. The number of esters is 1. The molecule has 1 aromatic carbocycles. The Kier molecular flexibility index (Phi) is 5.13. The smallest absolute Gasteiger partial charge is 0.325 e. The van der Waals surface area contributed by atoms with Gasteiger partial charge in [-0.05, 0) is 12.5 Å². The lowest BCUT2D eigenvalue weighted by Crippen LogP contribution is -2.15. The highest BCUT2D eigenvalue weighted by Crippen LogP contribution is 2.22. The van der Waals surface area contributed by atoms with Crippen molar-refractivity contribution in [2.45, 2.75) is 13.3 Å². The number of benzene rings is 1. The molecule has 5 nitrogen and oxygen atoms in total. The zero-order valence-electron chi connectivity index (χ0n) is 10.2. The van der Waals surface area contributed by atoms with E-state index in [9.17, 15) is 4.79 Å². The highest BCUT2D eigenvalue weighted by atomic mass is 16.5. The number of anilines is 2. The topological polar surface area (TPSA) is 73.6 Å². The van der Waals surface area contributed by atoms with Gasteiger partial charge in [0.25, 0.3) is 0 Å². The maximum atomic E-state index is 11.0. The molecule has 0 saturated carbocycles. The van der Waals surface area contributed by atoms with Gasteiger partial charge < -0.3 is 20.5 Å². The van der Waals surface area contributed by atoms with Gasteiger partial charge in [0.1, 0.15) is 12.3 Å². The minimum Gasteiger partial charge on any atom is -0.493 e. The molecular formula is C12H18N2O3. The summed E-state index contributed by atoms with van der Waals surface area (Å²) in [6, 6.07) is 5.29. The van der Waals surface area contributed by atoms with Gasteiger partial charge in [0, 0.05) is 23.5 Å². The number of nitrogens with one attached hydrogen (secondary N) is 1. The molecular weight excluding hydrogens is 220 g/mol. The lowest BCUT2D eigenvalue weighted by molar-refractivity contribution is -0.138. The first-order chi connectivity index (χ1) is 8.15. The largest absolute Gasteiger partial charge is 0.493 e. The fourth-order valence-corrected chi connectivity index (χ4v) is 1.27. The quantitative estimate of drug-likeness (QED) is 0.582. The summed E-state index contributed by atoms with van der Waals surface area (Å²) >= 11 is 0. The molecule has 0 fully saturated rings. The van der Waals surface area contributed by atoms with Gasteiger partial charge in [0.2, 0.25) is 0 Å². The molecule has 0 radical (unpaired) electrons. The van der Waals surface area contributed by atoms with Gasteiger partial charge in [-0.1, -0.05) is 6.92 Å². The van der Waals surface area contributed by atoms with Crippen LogP contribution in [0.4, 0.5) is 11.4 Å². The van der Waals surface area contributed by atoms with Crippen LogP contribution in [0.5, 0.6) is 5.75 Å². The molecule has 0 unspecified atom stereocenters. The van der Waals surface area contributed by atoms with Crippen molar-refractivity contribution in [2.75, 3.05) is 31.3 Å². The van der Waals surface area contributed by atoms with Crippen molar-refractivity contribution in [2.24, 2.45) is 0 Å². The van der Waals surface area contributed by atoms with E-state index in [1.807, 2.05) is 6.92 Å². The molecule has 5 heteroatoms. The van der Waals surface area contributed by atoms with Crippen LogP contribution < -0.4 is 15.8 Å². The number of nitrogens with two attached hydrogens (primary N) is 1. The summed E-state index contributed by atoms with van der Waals surface area (Å²) in [5.41, 5.74) is 7.06. The summed E-state index contributed by atoms with van der Waals surface area (Å²) < 4.78 is 10.0. The second-order valence-electron chi connectivity index (χ2n) is 3.57. The van der Waals surface area contributed by atoms with Crippen molar-refractivity contribution in [3.05, 3.63) is 18.2 Å². The fraction of sp³-hybridized carbons (Fsp3) is 0.417. The number of rotatable bonds is 6. The van der Waals surface area contributed by atoms with Gasteiger partial charge in [0.05, 0.1) is 13.7 Å². The number of carbonyl (C=O) groups is 1. The van der Waals surface area contributed by atoms with Crippen molar-refractivity contribution >= 4 is 17.3 Å². The molecule has 94 valence electrons. The molecule has 0 aliphatic heterocycles. The molecule has 0 amide bonds. The second kappa shape index (κ2) is 6.62. The average Bonchev–Trinajstić information content (AvgIpc) is 2.32. The van der Waals surface area contributed by atoms with Crippen LogP contribution in [0, 0.1) is 0 Å². The van der Waals surface area contributed by atoms with E-state index >= 15 is 0 Å². The normalized spacial score (nSPS) is 9.76. The number of hydrogen-bond donors (Lipinski definition) is 2. The maximum Gasteiger partial charge on any atom is 0.325 e. The van der Waals surface area contributed by atoms with Crippen molar-refractivity contribution in [3.63, 3.8) is 0 Å². The Morgan fingerprint density at radius 3 is 2.82 bits per heavy atom. The van der Waals surface area contributed by atoms with Crippen LogP contribution >= 0.6 is 0 Å². The van der Waals surface area contributed by atoms with Gasteiger partial charge in [-0.2, -0.15) is 0 Å². The van der Waals surface area contributed by atoms with Crippen LogP contribution in [0.1, 0.15) is 13.3 Å². The lowest BCUT2D eigenvalue weighted by atomic mass is 10.2. The number of ether oxygens (including phenoxy) is 2. The first-order valence-electron chi connectivity index (χ1n) is 5.49. The molecule has 0 aromatic heterocycles. The van der Waals surface area contributed by atoms with Crippen molar-refractivity contribution in [3.8, 4) is 5.75 Å². The Labute approximate surface area is 101 Å². The first-order valence-corrected chi connectivity index (χ1v) is 5.49. The summed E-state index contributed by atoms with van der Waals surface area (Å²) in [7, 11) is 1.35. The third kappa shape index (κ3) is 4.63. The molecule has 0 aliphatic carbocycles. The molecule has 0 bridgehead atoms. The van der Waals surface area contributed by atoms with E-state index in [0.717, 1.165) is 12.1 Å². The van der Waals surface area contributed by atoms with Gasteiger partial charge in [0.15, 0.2) is 0 Å². The number of nitrogen functional groups attached to an aromatic ring is 1. The average molecular weight is 238 g/mol. The summed E-state index contributed by atoms with van der Waals surface area (Å²) in [4.78, 5) is 11.0. The first kappa shape index (κ1) is 13.2. The Balaban J connectivity index is 2.65. The Hall–Kier alpha value is -1.91. The minimum absolute atomic E-state index is 0.104. The fourth-order valence-electron chi connectivity index (χ4n) is 1.27. The van der Waals surface area contributed by atoms with Crippen LogP contribution in [0.15, 0.2) is 18.2 Å². The van der Waals surface area contributed by atoms with Crippen LogP contribution in [0.3, 0.4) is 0 Å². The molecule has 3 N–H and O–H groups in total. The highest BCUT2D eigenvalue weighted by Gasteiger charge is 2.03. The molecule has 0 atom stereocenters. The summed E-state index contributed by atoms with van der Waals surface area (Å²) in [6.45, 7) is 2.77. The van der Waals surface area contributed by atoms with Gasteiger partial charge in [-0.3, -0.25) is 4.79 Å². The van der Waals surface area contributed by atoms with Crippen LogP contribution in [-0.2, 0) is 9.53 Å². The standard InChI is InChI=1S/C12H18N2O3/c1-3-4-17-11-6-9(13)5-10(7-11)14-8-12(15)16-2/h5-7,14H,3-4,8,13H2,1-2H3. The van der Waals surface area contributed by atoms with E-state index in [-0.39, 0.29) is 12.5 Å². The predicted octanol–water partition coefficient (Wildman–Crippen LogP) is 1.64. The van der Waals surface area contributed by atoms with Crippen molar-refractivity contribution < 1.29 is 14.3 Å². The monoisotopic (exact) mass is 238 g/mol. The summed E-state index contributed by atoms with van der Waals surface area (Å²) in [5, 5.41) is 2.92. The van der Waals surface area contributed by atoms with Crippen molar-refractivity contribution in [1.29, 1.82) is 0 Å². The van der Waals surface area contributed by atoms with Gasteiger partial charge in [-0.15, -0.1) is 0 Å². The third-order valence-corrected chi connectivity index (χ3v) is 2.07. The number of carbonyl (C=O) groups excluding carboxylic acids is 1. The minimum atomic E-state index is -0.330. The number of hydrogen-bond acceptors (Lipinski definition) is 5. The van der Waals surface area contributed by atoms with Crippen LogP contribution in [0.25, 0.3) is 0 Å². The van der Waals surface area contributed by atoms with Gasteiger partial charge in [-0.25, -0.2) is 0 Å². The van der Waals surface area contributed by atoms with Crippen molar-refractivity contribution in [1.82, 2.24) is 0 Å². The van der Waals surface area contributed by atoms with E-state index in [2.05, 4.69) is 10.1 Å². The van der Waals surface area contributed by atoms with E-state index < -0.39 is 0 Å². The van der Waals surface area contributed by atoms with E-state index in [1.54, 1.807) is 18.2 Å². The zero-order valence-corrected chi connectivity index (χ0v) is 10.2. The Morgan fingerprint density at radius 1 is 1.41 bits per heavy atom. The Morgan fingerprint density at radius 2 is 2.18 bits per heavy atom. The molecule has 1 aromatic rings. The molecule has 0 saturated heterocycles. The molecule has 1 rings (SSSR count). The second-order valence-corrected chi connectivity index (χ2v) is 3.57. The summed E-state index contributed by atoms with van der Waals surface area (Å²) in [6.07, 6.45) is 0.930. The van der Waals surface area contributed by atoms with Crippen LogP contribution in [-0.4, -0.2) is 26.2 Å². The SMILES string of the molecule is CCCOc1cc(N)cc(NCC(=O)OC)c1. The lowest BCUT2D eigenvalue weighted by Gasteiger charge is -2.10. The third-order valence-electron chi connectivity index (χ3n) is 2.07.